The predicted molar refractivity (Wildman–Crippen MR) is 49.7 cm³/mol. The van der Waals surface area contributed by atoms with Gasteiger partial charge in [-0.25, -0.2) is 4.39 Å². The molecule has 1 heterocycles. The summed E-state index contributed by atoms with van der Waals surface area (Å²) in [6.45, 7) is -0.246. The molecule has 1 aromatic heterocycles. The van der Waals surface area contributed by atoms with Gasteiger partial charge in [0.1, 0.15) is 5.82 Å². The third-order valence-electron chi connectivity index (χ3n) is 1.84. The maximum absolute atomic E-state index is 13.5. The molecule has 5 heteroatoms. The Morgan fingerprint density at radius 1 is 1.54 bits per heavy atom. The zero-order chi connectivity index (χ0) is 9.42. The van der Waals surface area contributed by atoms with Crippen LogP contribution in [0.1, 0.15) is 5.69 Å². The number of hydrogen-bond acceptors (Lipinski definition) is 2. The Morgan fingerprint density at radius 2 is 2.31 bits per heavy atom. The molecule has 0 unspecified atom stereocenters. The first-order valence-corrected chi connectivity index (χ1v) is 4.45. The number of aliphatic hydroxyl groups excluding tert-OH is 1. The molecule has 68 valence electrons. The highest BCUT2D eigenvalue weighted by molar-refractivity contribution is 9.10. The van der Waals surface area contributed by atoms with E-state index in [9.17, 15) is 4.39 Å². The highest BCUT2D eigenvalue weighted by atomic mass is 79.9. The SMILES string of the molecule is OCc1[nH]nc2ccc(Br)c(F)c12. The van der Waals surface area contributed by atoms with Crippen LogP contribution in [0.4, 0.5) is 4.39 Å². The summed E-state index contributed by atoms with van der Waals surface area (Å²) in [7, 11) is 0. The minimum absolute atomic E-state index is 0.246. The number of hydrogen-bond donors (Lipinski definition) is 2. The Balaban J connectivity index is 2.85. The summed E-state index contributed by atoms with van der Waals surface area (Å²) >= 11 is 3.07. The summed E-state index contributed by atoms with van der Waals surface area (Å²) in [6.07, 6.45) is 0. The van der Waals surface area contributed by atoms with E-state index in [0.717, 1.165) is 0 Å². The third-order valence-corrected chi connectivity index (χ3v) is 2.46. The van der Waals surface area contributed by atoms with Crippen LogP contribution in [-0.4, -0.2) is 15.3 Å². The molecule has 0 aliphatic heterocycles. The molecule has 0 amide bonds. The lowest BCUT2D eigenvalue weighted by molar-refractivity contribution is 0.278. The van der Waals surface area contributed by atoms with Gasteiger partial charge in [0.05, 0.1) is 27.7 Å². The van der Waals surface area contributed by atoms with Gasteiger partial charge in [-0.1, -0.05) is 0 Å². The van der Waals surface area contributed by atoms with Crippen molar-refractivity contribution in [1.82, 2.24) is 10.2 Å². The first-order chi connectivity index (χ1) is 6.24. The highest BCUT2D eigenvalue weighted by Crippen LogP contribution is 2.25. The molecule has 3 nitrogen and oxygen atoms in total. The largest absolute Gasteiger partial charge is 0.390 e. The van der Waals surface area contributed by atoms with Crippen molar-refractivity contribution in [2.45, 2.75) is 6.61 Å². The van der Waals surface area contributed by atoms with E-state index in [4.69, 9.17) is 5.11 Å². The van der Waals surface area contributed by atoms with Crippen LogP contribution in [0.5, 0.6) is 0 Å². The zero-order valence-corrected chi connectivity index (χ0v) is 8.10. The minimum Gasteiger partial charge on any atom is -0.390 e. The van der Waals surface area contributed by atoms with Gasteiger partial charge in [-0.3, -0.25) is 5.10 Å². The molecule has 0 aliphatic rings. The minimum atomic E-state index is -0.393. The van der Waals surface area contributed by atoms with Crippen molar-refractivity contribution in [3.8, 4) is 0 Å². The molecule has 0 radical (unpaired) electrons. The third kappa shape index (κ3) is 1.24. The van der Waals surface area contributed by atoms with E-state index >= 15 is 0 Å². The van der Waals surface area contributed by atoms with Gasteiger partial charge < -0.3 is 5.11 Å². The maximum atomic E-state index is 13.5. The van der Waals surface area contributed by atoms with Gasteiger partial charge in [-0.15, -0.1) is 0 Å². The van der Waals surface area contributed by atoms with Gasteiger partial charge in [-0.2, -0.15) is 5.10 Å². The lowest BCUT2D eigenvalue weighted by Gasteiger charge is -1.96. The van der Waals surface area contributed by atoms with E-state index in [0.29, 0.717) is 21.1 Å². The molecule has 1 aromatic carbocycles. The van der Waals surface area contributed by atoms with E-state index in [1.807, 2.05) is 0 Å². The fourth-order valence-corrected chi connectivity index (χ4v) is 1.55. The van der Waals surface area contributed by atoms with E-state index < -0.39 is 5.82 Å². The molecule has 0 fully saturated rings. The predicted octanol–water partition coefficient (Wildman–Crippen LogP) is 1.96. The fraction of sp³-hybridized carbons (Fsp3) is 0.125. The summed E-state index contributed by atoms with van der Waals surface area (Å²) in [5, 5.41) is 15.6. The van der Waals surface area contributed by atoms with Crippen LogP contribution in [-0.2, 0) is 6.61 Å². The van der Waals surface area contributed by atoms with Crippen molar-refractivity contribution in [2.24, 2.45) is 0 Å². The normalized spacial score (nSPS) is 11.0. The number of benzene rings is 1. The van der Waals surface area contributed by atoms with Crippen molar-refractivity contribution in [3.63, 3.8) is 0 Å². The summed E-state index contributed by atoms with van der Waals surface area (Å²) in [5.74, 6) is -0.393. The smallest absolute Gasteiger partial charge is 0.148 e. The van der Waals surface area contributed by atoms with Gasteiger partial charge in [0, 0.05) is 0 Å². The van der Waals surface area contributed by atoms with E-state index in [1.54, 1.807) is 12.1 Å². The summed E-state index contributed by atoms with van der Waals surface area (Å²) in [6, 6.07) is 3.26. The van der Waals surface area contributed by atoms with E-state index in [1.165, 1.54) is 0 Å². The van der Waals surface area contributed by atoms with Gasteiger partial charge >= 0.3 is 0 Å². The fourth-order valence-electron chi connectivity index (χ4n) is 1.22. The number of nitrogens with one attached hydrogen (secondary N) is 1. The topological polar surface area (TPSA) is 48.9 Å². The van der Waals surface area contributed by atoms with Crippen LogP contribution in [0, 0.1) is 5.82 Å². The summed E-state index contributed by atoms with van der Waals surface area (Å²) in [4.78, 5) is 0. The lowest BCUT2D eigenvalue weighted by Crippen LogP contribution is -1.86. The molecule has 0 spiro atoms. The standard InChI is InChI=1S/C8H6BrFN2O/c9-4-1-2-5-7(8(4)10)6(3-13)12-11-5/h1-2,13H,3H2,(H,11,12). The molecule has 0 saturated heterocycles. The van der Waals surface area contributed by atoms with Gasteiger partial charge in [0.25, 0.3) is 0 Å². The molecule has 2 rings (SSSR count). The van der Waals surface area contributed by atoms with Crippen molar-refractivity contribution in [1.29, 1.82) is 0 Å². The molecule has 13 heavy (non-hydrogen) atoms. The van der Waals surface area contributed by atoms with Crippen molar-refractivity contribution in [2.75, 3.05) is 0 Å². The van der Waals surface area contributed by atoms with Gasteiger partial charge in [0.2, 0.25) is 0 Å². The number of aliphatic hydroxyl groups is 1. The highest BCUT2D eigenvalue weighted by Gasteiger charge is 2.11. The summed E-state index contributed by atoms with van der Waals surface area (Å²) in [5.41, 5.74) is 0.915. The Morgan fingerprint density at radius 3 is 3.00 bits per heavy atom. The lowest BCUT2D eigenvalue weighted by atomic mass is 10.2. The molecular weight excluding hydrogens is 239 g/mol. The van der Waals surface area contributed by atoms with Crippen molar-refractivity contribution < 1.29 is 9.50 Å². The molecule has 2 aromatic rings. The number of fused-ring (bicyclic) bond motifs is 1. The van der Waals surface area contributed by atoms with Crippen LogP contribution in [0.2, 0.25) is 0 Å². The van der Waals surface area contributed by atoms with Crippen LogP contribution in [0.3, 0.4) is 0 Å². The molecule has 0 atom stereocenters. The van der Waals surface area contributed by atoms with Gasteiger partial charge in [-0.05, 0) is 28.1 Å². The molecule has 0 saturated carbocycles. The molecule has 2 N–H and O–H groups in total. The summed E-state index contributed by atoms with van der Waals surface area (Å²) < 4.78 is 13.8. The molecule has 0 bridgehead atoms. The van der Waals surface area contributed by atoms with Crippen LogP contribution >= 0.6 is 15.9 Å². The first kappa shape index (κ1) is 8.65. The average molecular weight is 245 g/mol. The zero-order valence-electron chi connectivity index (χ0n) is 6.51. The van der Waals surface area contributed by atoms with Gasteiger partial charge in [0.15, 0.2) is 0 Å². The van der Waals surface area contributed by atoms with Crippen LogP contribution in [0.15, 0.2) is 16.6 Å². The quantitative estimate of drug-likeness (QED) is 0.806. The Labute approximate surface area is 81.7 Å². The van der Waals surface area contributed by atoms with Crippen LogP contribution < -0.4 is 0 Å². The second-order valence-electron chi connectivity index (χ2n) is 2.62. The Hall–Kier alpha value is -0.940. The van der Waals surface area contributed by atoms with Crippen molar-refractivity contribution in [3.05, 3.63) is 28.1 Å². The maximum Gasteiger partial charge on any atom is 0.148 e. The van der Waals surface area contributed by atoms with E-state index in [-0.39, 0.29) is 6.61 Å². The van der Waals surface area contributed by atoms with Crippen molar-refractivity contribution >= 4 is 26.8 Å². The molecule has 0 aliphatic carbocycles. The molecular formula is C8H6BrFN2O. The number of H-pyrrole nitrogens is 1. The monoisotopic (exact) mass is 244 g/mol. The number of nitrogens with zero attached hydrogens (tertiary/aromatic N) is 1. The number of halogens is 2. The Kier molecular flexibility index (Phi) is 2.05. The number of rotatable bonds is 1. The number of aromatic nitrogens is 2. The van der Waals surface area contributed by atoms with E-state index in [2.05, 4.69) is 26.1 Å². The second-order valence-corrected chi connectivity index (χ2v) is 3.47. The Bertz CT molecular complexity index is 455. The number of aromatic amines is 1. The average Bonchev–Trinajstić information content (AvgIpc) is 2.55. The second kappa shape index (κ2) is 3.08. The first-order valence-electron chi connectivity index (χ1n) is 3.66. The van der Waals surface area contributed by atoms with Crippen LogP contribution in [0.25, 0.3) is 10.9 Å².